The molecule has 0 saturated heterocycles. The molecular formula is C11H15F3N2O3S2. The maximum absolute atomic E-state index is 12.1. The molecule has 3 N–H and O–H groups in total. The minimum absolute atomic E-state index is 0.100. The van der Waals surface area contributed by atoms with Gasteiger partial charge in [-0.05, 0) is 29.5 Å². The Morgan fingerprint density at radius 1 is 1.38 bits per heavy atom. The molecule has 0 fully saturated rings. The number of alkyl halides is 3. The van der Waals surface area contributed by atoms with E-state index in [-0.39, 0.29) is 35.5 Å². The monoisotopic (exact) mass is 344 g/mol. The van der Waals surface area contributed by atoms with E-state index in [2.05, 4.69) is 4.72 Å². The highest BCUT2D eigenvalue weighted by Gasteiger charge is 2.28. The Morgan fingerprint density at radius 3 is 2.57 bits per heavy atom. The number of hydrogen-bond acceptors (Lipinski definition) is 5. The predicted octanol–water partition coefficient (Wildman–Crippen LogP) is 1.69. The van der Waals surface area contributed by atoms with Gasteiger partial charge in [0.15, 0.2) is 0 Å². The van der Waals surface area contributed by atoms with Crippen LogP contribution >= 0.6 is 11.8 Å². The predicted molar refractivity (Wildman–Crippen MR) is 74.6 cm³/mol. The molecule has 1 rings (SSSR count). The molecule has 0 spiro atoms. The fourth-order valence-electron chi connectivity index (χ4n) is 1.48. The van der Waals surface area contributed by atoms with Gasteiger partial charge < -0.3 is 10.5 Å². The third kappa shape index (κ3) is 5.73. The van der Waals surface area contributed by atoms with Crippen molar-refractivity contribution in [2.24, 2.45) is 5.73 Å². The number of hydrogen-bond donors (Lipinski definition) is 2. The zero-order valence-corrected chi connectivity index (χ0v) is 12.7. The second-order valence-electron chi connectivity index (χ2n) is 3.88. The van der Waals surface area contributed by atoms with Crippen LogP contribution in [0.3, 0.4) is 0 Å². The Morgan fingerprint density at radius 2 is 2.05 bits per heavy atom. The maximum Gasteiger partial charge on any atom is 0.441 e. The standard InChI is InChI=1S/C11H15F3N2O3S2/c1-19-9-3-2-8(7-15)6-10(9)21(17,18)16-4-5-20-11(12,13)14/h2-3,6,16H,4-5,7,15H2,1H3. The number of sulfonamides is 1. The van der Waals surface area contributed by atoms with Crippen molar-refractivity contribution in [3.8, 4) is 5.75 Å². The van der Waals surface area contributed by atoms with Gasteiger partial charge in [0.1, 0.15) is 10.6 Å². The van der Waals surface area contributed by atoms with Gasteiger partial charge in [0.05, 0.1) is 7.11 Å². The van der Waals surface area contributed by atoms with Gasteiger partial charge in [-0.1, -0.05) is 6.07 Å². The first-order valence-electron chi connectivity index (χ1n) is 5.77. The molecule has 21 heavy (non-hydrogen) atoms. The molecule has 5 nitrogen and oxygen atoms in total. The zero-order valence-electron chi connectivity index (χ0n) is 11.1. The number of methoxy groups -OCH3 is 1. The van der Waals surface area contributed by atoms with Crippen molar-refractivity contribution in [2.45, 2.75) is 16.9 Å². The summed E-state index contributed by atoms with van der Waals surface area (Å²) in [5.74, 6) is -0.315. The van der Waals surface area contributed by atoms with E-state index in [1.165, 1.54) is 19.2 Å². The first-order chi connectivity index (χ1) is 9.69. The third-order valence-corrected chi connectivity index (χ3v) is 4.63. The van der Waals surface area contributed by atoms with Gasteiger partial charge >= 0.3 is 5.51 Å². The van der Waals surface area contributed by atoms with Gasteiger partial charge in [-0.3, -0.25) is 0 Å². The molecule has 0 aliphatic rings. The topological polar surface area (TPSA) is 81.4 Å². The first-order valence-corrected chi connectivity index (χ1v) is 8.24. The Hall–Kier alpha value is -0.970. The van der Waals surface area contributed by atoms with Crippen molar-refractivity contribution in [3.05, 3.63) is 23.8 Å². The number of halogens is 3. The van der Waals surface area contributed by atoms with E-state index in [4.69, 9.17) is 10.5 Å². The molecule has 0 saturated carbocycles. The third-order valence-electron chi connectivity index (χ3n) is 2.41. The Kier molecular flexibility index (Phi) is 6.32. The number of benzene rings is 1. The highest BCUT2D eigenvalue weighted by atomic mass is 32.2. The van der Waals surface area contributed by atoms with E-state index in [9.17, 15) is 21.6 Å². The van der Waals surface area contributed by atoms with Crippen LogP contribution < -0.4 is 15.2 Å². The summed E-state index contributed by atoms with van der Waals surface area (Å²) in [6.07, 6.45) is 0. The summed E-state index contributed by atoms with van der Waals surface area (Å²) >= 11 is -0.291. The SMILES string of the molecule is COc1ccc(CN)cc1S(=O)(=O)NCCSC(F)(F)F. The van der Waals surface area contributed by atoms with E-state index in [1.807, 2.05) is 0 Å². The number of ether oxygens (including phenoxy) is 1. The molecule has 1 aromatic carbocycles. The molecule has 0 heterocycles. The number of rotatable bonds is 7. The van der Waals surface area contributed by atoms with Crippen LogP contribution in [0.15, 0.2) is 23.1 Å². The normalized spacial score (nSPS) is 12.4. The van der Waals surface area contributed by atoms with Gasteiger partial charge in [0.25, 0.3) is 0 Å². The molecule has 10 heteroatoms. The van der Waals surface area contributed by atoms with E-state index in [0.717, 1.165) is 0 Å². The number of nitrogens with two attached hydrogens (primary N) is 1. The molecule has 0 amide bonds. The molecule has 120 valence electrons. The Labute approximate surface area is 125 Å². The summed E-state index contributed by atoms with van der Waals surface area (Å²) < 4.78 is 67.1. The lowest BCUT2D eigenvalue weighted by Crippen LogP contribution is -2.27. The lowest BCUT2D eigenvalue weighted by atomic mass is 10.2. The summed E-state index contributed by atoms with van der Waals surface area (Å²) in [5.41, 5.74) is 1.62. The van der Waals surface area contributed by atoms with Gasteiger partial charge in [0, 0.05) is 18.8 Å². The van der Waals surface area contributed by atoms with Crippen LogP contribution in [0.4, 0.5) is 13.2 Å². The van der Waals surface area contributed by atoms with Crippen LogP contribution in [0.25, 0.3) is 0 Å². The van der Waals surface area contributed by atoms with Crippen LogP contribution in [-0.4, -0.2) is 33.3 Å². The molecule has 0 aromatic heterocycles. The largest absolute Gasteiger partial charge is 0.495 e. The summed E-state index contributed by atoms with van der Waals surface area (Å²) in [6.45, 7) is -0.209. The van der Waals surface area contributed by atoms with Crippen LogP contribution in [-0.2, 0) is 16.6 Å². The molecular weight excluding hydrogens is 329 g/mol. The number of thioether (sulfide) groups is 1. The molecule has 0 radical (unpaired) electrons. The first kappa shape index (κ1) is 18.1. The van der Waals surface area contributed by atoms with Crippen LogP contribution in [0.2, 0.25) is 0 Å². The van der Waals surface area contributed by atoms with Crippen molar-refractivity contribution in [1.29, 1.82) is 0 Å². The zero-order chi connectivity index (χ0) is 16.1. The summed E-state index contributed by atoms with van der Waals surface area (Å²) in [6, 6.07) is 4.39. The van der Waals surface area contributed by atoms with E-state index < -0.39 is 21.3 Å². The Balaban J connectivity index is 2.82. The van der Waals surface area contributed by atoms with Gasteiger partial charge in [0.2, 0.25) is 10.0 Å². The highest BCUT2D eigenvalue weighted by Crippen LogP contribution is 2.29. The summed E-state index contributed by atoms with van der Waals surface area (Å²) in [7, 11) is -2.66. The van der Waals surface area contributed by atoms with Crippen LogP contribution in [0.1, 0.15) is 5.56 Å². The second-order valence-corrected chi connectivity index (χ2v) is 6.78. The average Bonchev–Trinajstić information content (AvgIpc) is 2.42. The van der Waals surface area contributed by atoms with Gasteiger partial charge in [-0.15, -0.1) is 0 Å². The molecule has 0 atom stereocenters. The van der Waals surface area contributed by atoms with Crippen LogP contribution in [0, 0.1) is 0 Å². The van der Waals surface area contributed by atoms with Crippen molar-refractivity contribution in [1.82, 2.24) is 4.72 Å². The molecule has 1 aromatic rings. The molecule has 0 aliphatic carbocycles. The summed E-state index contributed by atoms with van der Waals surface area (Å²) in [4.78, 5) is -0.148. The minimum atomic E-state index is -4.39. The van der Waals surface area contributed by atoms with Crippen molar-refractivity contribution in [3.63, 3.8) is 0 Å². The summed E-state index contributed by atoms with van der Waals surface area (Å²) in [5, 5.41) is 0. The highest BCUT2D eigenvalue weighted by molar-refractivity contribution is 8.00. The number of nitrogens with one attached hydrogen (secondary N) is 1. The van der Waals surface area contributed by atoms with Crippen LogP contribution in [0.5, 0.6) is 5.75 Å². The average molecular weight is 344 g/mol. The Bertz CT molecular complexity index is 577. The van der Waals surface area contributed by atoms with E-state index >= 15 is 0 Å². The minimum Gasteiger partial charge on any atom is -0.495 e. The van der Waals surface area contributed by atoms with Crippen molar-refractivity contribution < 1.29 is 26.3 Å². The fourth-order valence-corrected chi connectivity index (χ4v) is 3.29. The molecule has 0 bridgehead atoms. The van der Waals surface area contributed by atoms with E-state index in [0.29, 0.717) is 5.56 Å². The van der Waals surface area contributed by atoms with Crippen molar-refractivity contribution >= 4 is 21.8 Å². The second kappa shape index (κ2) is 7.34. The fraction of sp³-hybridized carbons (Fsp3) is 0.455. The lowest BCUT2D eigenvalue weighted by molar-refractivity contribution is -0.0327. The molecule has 0 unspecified atom stereocenters. The lowest BCUT2D eigenvalue weighted by Gasteiger charge is -2.12. The molecule has 0 aliphatic heterocycles. The van der Waals surface area contributed by atoms with E-state index in [1.54, 1.807) is 6.07 Å². The van der Waals surface area contributed by atoms with Gasteiger partial charge in [-0.2, -0.15) is 13.2 Å². The van der Waals surface area contributed by atoms with Crippen molar-refractivity contribution in [2.75, 3.05) is 19.4 Å². The maximum atomic E-state index is 12.1. The van der Waals surface area contributed by atoms with Gasteiger partial charge in [-0.25, -0.2) is 13.1 Å². The quantitative estimate of drug-likeness (QED) is 0.736. The smallest absolute Gasteiger partial charge is 0.441 e.